The third-order valence-corrected chi connectivity index (χ3v) is 11.5. The summed E-state index contributed by atoms with van der Waals surface area (Å²) < 4.78 is 25.8. The fourth-order valence-corrected chi connectivity index (χ4v) is 9.77. The van der Waals surface area contributed by atoms with Crippen molar-refractivity contribution in [1.29, 1.82) is 0 Å². The van der Waals surface area contributed by atoms with Crippen molar-refractivity contribution in [1.82, 2.24) is 20.0 Å². The van der Waals surface area contributed by atoms with Gasteiger partial charge in [0, 0.05) is 51.4 Å². The van der Waals surface area contributed by atoms with Crippen molar-refractivity contribution in [2.24, 2.45) is 0 Å². The Morgan fingerprint density at radius 1 is 0.853 bits per heavy atom. The summed E-state index contributed by atoms with van der Waals surface area (Å²) in [4.78, 5) is 38.2. The van der Waals surface area contributed by atoms with Crippen molar-refractivity contribution in [3.8, 4) is 0 Å². The van der Waals surface area contributed by atoms with E-state index in [1.807, 2.05) is 4.90 Å². The van der Waals surface area contributed by atoms with E-state index in [4.69, 9.17) is 0 Å². The lowest BCUT2D eigenvalue weighted by molar-refractivity contribution is -0.384. The average molecular weight is 518 g/mol. The van der Waals surface area contributed by atoms with Gasteiger partial charge in [0.1, 0.15) is 5.90 Å². The number of benzene rings is 1. The molecule has 2 fully saturated rings. The first-order valence-corrected chi connectivity index (χ1v) is 15.9. The maximum absolute atomic E-state index is 13.0. The van der Waals surface area contributed by atoms with E-state index in [2.05, 4.69) is 15.1 Å². The van der Waals surface area contributed by atoms with Crippen LogP contribution < -0.4 is 5.32 Å². The third kappa shape index (κ3) is 9.47. The zero-order chi connectivity index (χ0) is 24.6. The summed E-state index contributed by atoms with van der Waals surface area (Å²) in [5.41, 5.74) is 0.324. The second-order valence-corrected chi connectivity index (χ2v) is 14.4. The molecule has 3 rings (SSSR count). The lowest BCUT2D eigenvalue weighted by atomic mass is 10.2. The Balaban J connectivity index is 1.59. The van der Waals surface area contributed by atoms with Crippen LogP contribution in [0, 0.1) is 10.1 Å². The van der Waals surface area contributed by atoms with Gasteiger partial charge < -0.3 is 24.9 Å². The molecule has 1 aromatic rings. The molecule has 2 bridgehead atoms. The third-order valence-electron chi connectivity index (χ3n) is 6.29. The van der Waals surface area contributed by atoms with Gasteiger partial charge in [-0.3, -0.25) is 24.1 Å². The minimum atomic E-state index is -3.95. The van der Waals surface area contributed by atoms with Gasteiger partial charge in [-0.2, -0.15) is 0 Å². The first-order chi connectivity index (χ1) is 16.1. The summed E-state index contributed by atoms with van der Waals surface area (Å²) in [7, 11) is -7.84. The first kappa shape index (κ1) is 27.4. The fourth-order valence-electron chi connectivity index (χ4n) is 4.56. The molecule has 2 aliphatic heterocycles. The Hall–Kier alpha value is -1.16. The van der Waals surface area contributed by atoms with Crippen LogP contribution in [0.25, 0.3) is 0 Å². The second kappa shape index (κ2) is 12.7. The van der Waals surface area contributed by atoms with E-state index in [1.54, 1.807) is 0 Å². The summed E-state index contributed by atoms with van der Waals surface area (Å²) in [6.07, 6.45) is 1.55. The van der Waals surface area contributed by atoms with Crippen molar-refractivity contribution >= 4 is 20.4 Å². The topological polar surface area (TPSA) is 139 Å². The maximum atomic E-state index is 13.0. The highest BCUT2D eigenvalue weighted by Gasteiger charge is 2.33. The molecule has 0 amide bonds. The smallest absolute Gasteiger partial charge is 0.269 e. The highest BCUT2D eigenvalue weighted by molar-refractivity contribution is 7.74. The van der Waals surface area contributed by atoms with E-state index >= 15 is 0 Å². The van der Waals surface area contributed by atoms with Gasteiger partial charge in [0.25, 0.3) is 5.69 Å². The number of hydrogen-bond acceptors (Lipinski definition) is 8. The molecule has 192 valence electrons. The van der Waals surface area contributed by atoms with Gasteiger partial charge in [-0.25, -0.2) is 0 Å². The van der Waals surface area contributed by atoms with Crippen LogP contribution >= 0.6 is 14.7 Å². The standard InChI is InChI=1S/C21H37N5O6P2/c27-26(28)21-5-3-20(4-6-21)17-33(29,30)19-34(31,32)18-25-11-2-10-23-12-8-22-7-1-9-24(14-13-23)15-16-25/h3-6,22H,1-2,7-19H2,(H,29,30)(H,31,32). The van der Waals surface area contributed by atoms with Crippen LogP contribution in [0.1, 0.15) is 18.4 Å². The number of rotatable bonds is 7. The predicted octanol–water partition coefficient (Wildman–Crippen LogP) is 1.85. The van der Waals surface area contributed by atoms with Crippen LogP contribution in [-0.4, -0.2) is 107 Å². The molecule has 4 unspecified atom stereocenters. The van der Waals surface area contributed by atoms with Crippen LogP contribution in [-0.2, 0) is 15.3 Å². The average Bonchev–Trinajstić information content (AvgIpc) is 2.75. The number of hydrogen-bond donors (Lipinski definition) is 3. The highest BCUT2D eigenvalue weighted by atomic mass is 31.2. The Morgan fingerprint density at radius 3 is 2.21 bits per heavy atom. The summed E-state index contributed by atoms with van der Waals surface area (Å²) in [6.45, 7) is 8.96. The second-order valence-electron chi connectivity index (χ2n) is 9.32. The van der Waals surface area contributed by atoms with E-state index in [-0.39, 0.29) is 18.1 Å². The number of nitrogens with one attached hydrogen (secondary N) is 1. The normalized spacial score (nSPS) is 26.8. The monoisotopic (exact) mass is 517 g/mol. The maximum Gasteiger partial charge on any atom is 0.269 e. The zero-order valence-corrected chi connectivity index (χ0v) is 21.4. The van der Waals surface area contributed by atoms with E-state index < -0.39 is 25.6 Å². The van der Waals surface area contributed by atoms with Crippen molar-refractivity contribution in [3.63, 3.8) is 0 Å². The summed E-state index contributed by atoms with van der Waals surface area (Å²) in [5, 5.41) is 14.3. The largest absolute Gasteiger partial charge is 0.344 e. The molecule has 2 aliphatic rings. The molecule has 11 nitrogen and oxygen atoms in total. The molecule has 0 aromatic heterocycles. The quantitative estimate of drug-likeness (QED) is 0.279. The summed E-state index contributed by atoms with van der Waals surface area (Å²) in [6, 6.07) is 5.37. The van der Waals surface area contributed by atoms with Crippen molar-refractivity contribution in [3.05, 3.63) is 39.9 Å². The van der Waals surface area contributed by atoms with Gasteiger partial charge in [0.2, 0.25) is 14.7 Å². The molecule has 0 radical (unpaired) electrons. The van der Waals surface area contributed by atoms with Gasteiger partial charge in [-0.1, -0.05) is 12.1 Å². The number of nitro groups is 1. The number of nitrogens with zero attached hydrogens (tertiary/aromatic N) is 4. The minimum absolute atomic E-state index is 0.104. The molecular weight excluding hydrogens is 480 g/mol. The molecule has 0 aliphatic carbocycles. The molecule has 34 heavy (non-hydrogen) atoms. The number of fused-ring (bicyclic) bond motifs is 3. The Labute approximate surface area is 201 Å². The molecule has 1 aromatic carbocycles. The van der Waals surface area contributed by atoms with E-state index in [0.29, 0.717) is 18.7 Å². The van der Waals surface area contributed by atoms with E-state index in [9.17, 15) is 29.0 Å². The van der Waals surface area contributed by atoms with Gasteiger partial charge in [0.05, 0.1) is 17.4 Å². The van der Waals surface area contributed by atoms with Crippen molar-refractivity contribution in [2.45, 2.75) is 19.0 Å². The number of nitro benzene ring substituents is 1. The SMILES string of the molecule is O=[N+]([O-])c1ccc(CP(=O)(O)CP(=O)(O)CN2CCCN3CCNCCCN(CC3)CC2)cc1. The lowest BCUT2D eigenvalue weighted by Gasteiger charge is -2.34. The molecule has 0 spiro atoms. The Kier molecular flexibility index (Phi) is 10.2. The van der Waals surface area contributed by atoms with Crippen LogP contribution in [0.15, 0.2) is 24.3 Å². The predicted molar refractivity (Wildman–Crippen MR) is 133 cm³/mol. The van der Waals surface area contributed by atoms with Crippen molar-refractivity contribution in [2.75, 3.05) is 77.6 Å². The molecule has 13 heteroatoms. The molecule has 2 saturated heterocycles. The molecule has 3 N–H and O–H groups in total. The van der Waals surface area contributed by atoms with Crippen LogP contribution in [0.4, 0.5) is 5.69 Å². The van der Waals surface area contributed by atoms with Crippen LogP contribution in [0.5, 0.6) is 0 Å². The zero-order valence-electron chi connectivity index (χ0n) is 19.6. The Bertz CT molecular complexity index is 902. The molecular formula is C21H37N5O6P2. The van der Waals surface area contributed by atoms with E-state index in [0.717, 1.165) is 65.2 Å². The van der Waals surface area contributed by atoms with Crippen molar-refractivity contribution < 1.29 is 23.8 Å². The Morgan fingerprint density at radius 2 is 1.50 bits per heavy atom. The van der Waals surface area contributed by atoms with Crippen LogP contribution in [0.2, 0.25) is 0 Å². The molecule has 0 saturated carbocycles. The first-order valence-electron chi connectivity index (χ1n) is 11.8. The lowest BCUT2D eigenvalue weighted by Crippen LogP contribution is -2.46. The number of non-ortho nitro benzene ring substituents is 1. The highest BCUT2D eigenvalue weighted by Crippen LogP contribution is 2.58. The van der Waals surface area contributed by atoms with Gasteiger partial charge in [-0.05, 0) is 44.6 Å². The summed E-state index contributed by atoms with van der Waals surface area (Å²) in [5.74, 6) is -0.658. The summed E-state index contributed by atoms with van der Waals surface area (Å²) >= 11 is 0. The molecule has 2 heterocycles. The minimum Gasteiger partial charge on any atom is -0.344 e. The molecule has 4 atom stereocenters. The van der Waals surface area contributed by atoms with Crippen LogP contribution in [0.3, 0.4) is 0 Å². The van der Waals surface area contributed by atoms with Gasteiger partial charge in [-0.15, -0.1) is 0 Å². The fraction of sp³-hybridized carbons (Fsp3) is 0.714. The van der Waals surface area contributed by atoms with Gasteiger partial charge in [0.15, 0.2) is 0 Å². The van der Waals surface area contributed by atoms with Gasteiger partial charge >= 0.3 is 0 Å². The van der Waals surface area contributed by atoms with E-state index in [1.165, 1.54) is 24.3 Å².